The smallest absolute Gasteiger partial charge is 0.332 e. The molecule has 2 heterocycles. The van der Waals surface area contributed by atoms with Gasteiger partial charge in [0.15, 0.2) is 33.8 Å². The van der Waals surface area contributed by atoms with Crippen LogP contribution in [0.2, 0.25) is 0 Å². The molecule has 0 spiro atoms. The maximum atomic E-state index is 13.8. The van der Waals surface area contributed by atoms with Crippen LogP contribution in [0.5, 0.6) is 0 Å². The van der Waals surface area contributed by atoms with Gasteiger partial charge in [0.25, 0.3) is 0 Å². The summed E-state index contributed by atoms with van der Waals surface area (Å²) in [7, 11) is 0. The van der Waals surface area contributed by atoms with Gasteiger partial charge in [0.2, 0.25) is 0 Å². The minimum atomic E-state index is -1.25. The summed E-state index contributed by atoms with van der Waals surface area (Å²) in [6, 6.07) is 3.14. The third kappa shape index (κ3) is 5.83. The first-order valence-corrected chi connectivity index (χ1v) is 13.9. The van der Waals surface area contributed by atoms with Crippen LogP contribution in [0.1, 0.15) is 50.6 Å². The van der Waals surface area contributed by atoms with Crippen molar-refractivity contribution >= 4 is 34.7 Å². The third-order valence-electron chi connectivity index (χ3n) is 6.86. The van der Waals surface area contributed by atoms with Crippen molar-refractivity contribution in [2.24, 2.45) is 0 Å². The largest absolute Gasteiger partial charge is 0.464 e. The molecule has 11 nitrogen and oxygen atoms in total. The second-order valence-corrected chi connectivity index (χ2v) is 10.7. The summed E-state index contributed by atoms with van der Waals surface area (Å²) in [5.74, 6) is -1.12. The number of hydrogen-bond donors (Lipinski definition) is 3. The third-order valence-corrected chi connectivity index (χ3v) is 7.91. The van der Waals surface area contributed by atoms with E-state index < -0.39 is 42.0 Å². The number of ether oxygens (including phenoxy) is 2. The maximum Gasteiger partial charge on any atom is 0.332 e. The summed E-state index contributed by atoms with van der Waals surface area (Å²) >= 11 is 1.46. The van der Waals surface area contributed by atoms with Gasteiger partial charge in [-0.05, 0) is 37.5 Å². The fourth-order valence-corrected chi connectivity index (χ4v) is 5.48. The Morgan fingerprint density at radius 3 is 2.74 bits per heavy atom. The standard InChI is InChI=1S/C25H30F2N6O5S/c1-3-7-39-25-29-23(28-16-9-13(16)12-5-6-14(26)15(27)8-12)20-24(30-25)33(32-31-20)17-10-18(22(36)21(17)35)38-11-19(34)37-4-2/h5-6,8,13,16-18,21-22,35-36H,3-4,7,9-11H2,1-2H3,(H,28,29,30)/t13-,16-,17+,18+,21+,22-/m1/s1. The molecule has 2 aliphatic carbocycles. The van der Waals surface area contributed by atoms with Gasteiger partial charge in [0.05, 0.1) is 18.8 Å². The lowest BCUT2D eigenvalue weighted by Crippen LogP contribution is -2.34. The minimum absolute atomic E-state index is 0.0176. The van der Waals surface area contributed by atoms with Gasteiger partial charge >= 0.3 is 5.97 Å². The van der Waals surface area contributed by atoms with Gasteiger partial charge in [-0.3, -0.25) is 0 Å². The molecular formula is C25H30F2N6O5S. The van der Waals surface area contributed by atoms with Crippen molar-refractivity contribution in [3.05, 3.63) is 35.4 Å². The molecule has 3 N–H and O–H groups in total. The first kappa shape index (κ1) is 27.6. The van der Waals surface area contributed by atoms with Crippen LogP contribution in [0.3, 0.4) is 0 Å². The number of hydrogen-bond acceptors (Lipinski definition) is 11. The predicted molar refractivity (Wildman–Crippen MR) is 137 cm³/mol. The van der Waals surface area contributed by atoms with Crippen LogP contribution in [0, 0.1) is 11.6 Å². The van der Waals surface area contributed by atoms with Gasteiger partial charge < -0.3 is 25.0 Å². The van der Waals surface area contributed by atoms with E-state index in [1.54, 1.807) is 13.0 Å². The first-order valence-electron chi connectivity index (χ1n) is 12.9. The summed E-state index contributed by atoms with van der Waals surface area (Å²) in [6.07, 6.45) is -1.52. The molecule has 2 aromatic heterocycles. The zero-order valence-corrected chi connectivity index (χ0v) is 22.3. The Kier molecular flexibility index (Phi) is 8.26. The van der Waals surface area contributed by atoms with Crippen molar-refractivity contribution in [2.45, 2.75) is 74.6 Å². The number of carbonyl (C=O) groups excluding carboxylic acids is 1. The fourth-order valence-electron chi connectivity index (χ4n) is 4.79. The Bertz CT molecular complexity index is 1350. The number of rotatable bonds is 11. The van der Waals surface area contributed by atoms with Crippen LogP contribution >= 0.6 is 11.8 Å². The van der Waals surface area contributed by atoms with E-state index in [4.69, 9.17) is 9.47 Å². The summed E-state index contributed by atoms with van der Waals surface area (Å²) < 4.78 is 39.0. The zero-order chi connectivity index (χ0) is 27.7. The SMILES string of the molecule is CCCSc1nc(N[C@@H]2C[C@@H]2c2ccc(F)c(F)c2)c2nnn([C@H]3C[C@H](OCC(=O)OCC)[C@@H](O)[C@H]3O)c2n1. The van der Waals surface area contributed by atoms with E-state index in [9.17, 15) is 23.8 Å². The molecule has 2 aliphatic rings. The molecule has 14 heteroatoms. The molecule has 39 heavy (non-hydrogen) atoms. The molecule has 1 aromatic carbocycles. The number of nitrogens with one attached hydrogen (secondary N) is 1. The number of thioether (sulfide) groups is 1. The molecular weight excluding hydrogens is 534 g/mol. The van der Waals surface area contributed by atoms with Crippen LogP contribution in [0.25, 0.3) is 11.2 Å². The Labute approximate surface area is 227 Å². The summed E-state index contributed by atoms with van der Waals surface area (Å²) in [4.78, 5) is 21.0. The van der Waals surface area contributed by atoms with E-state index in [0.717, 1.165) is 18.2 Å². The molecule has 5 rings (SSSR count). The Hall–Kier alpha value is -2.94. The molecule has 6 atom stereocenters. The van der Waals surface area contributed by atoms with Crippen LogP contribution in [-0.4, -0.2) is 84.5 Å². The average Bonchev–Trinajstić information content (AvgIpc) is 3.46. The predicted octanol–water partition coefficient (Wildman–Crippen LogP) is 2.58. The summed E-state index contributed by atoms with van der Waals surface area (Å²) in [6.45, 7) is 3.59. The second-order valence-electron chi connectivity index (χ2n) is 9.61. The Balaban J connectivity index is 1.38. The van der Waals surface area contributed by atoms with Crippen molar-refractivity contribution in [3.63, 3.8) is 0 Å². The van der Waals surface area contributed by atoms with Crippen LogP contribution in [0.15, 0.2) is 23.4 Å². The second kappa shape index (κ2) is 11.7. The lowest BCUT2D eigenvalue weighted by molar-refractivity contribution is -0.153. The highest BCUT2D eigenvalue weighted by Crippen LogP contribution is 2.44. The van der Waals surface area contributed by atoms with E-state index in [0.29, 0.717) is 34.1 Å². The highest BCUT2D eigenvalue weighted by molar-refractivity contribution is 7.99. The molecule has 2 saturated carbocycles. The molecule has 0 amide bonds. The number of carbonyl (C=O) groups is 1. The molecule has 210 valence electrons. The molecule has 0 saturated heterocycles. The zero-order valence-electron chi connectivity index (χ0n) is 21.5. The molecule has 2 fully saturated rings. The quantitative estimate of drug-likeness (QED) is 0.180. The van der Waals surface area contributed by atoms with Crippen molar-refractivity contribution < 1.29 is 33.3 Å². The van der Waals surface area contributed by atoms with Gasteiger partial charge in [0, 0.05) is 24.1 Å². The van der Waals surface area contributed by atoms with Crippen molar-refractivity contribution in [2.75, 3.05) is 24.3 Å². The summed E-state index contributed by atoms with van der Waals surface area (Å²) in [5.41, 5.74) is 1.45. The monoisotopic (exact) mass is 564 g/mol. The Morgan fingerprint density at radius 1 is 1.18 bits per heavy atom. The van der Waals surface area contributed by atoms with Crippen LogP contribution in [0.4, 0.5) is 14.6 Å². The maximum absolute atomic E-state index is 13.8. The van der Waals surface area contributed by atoms with E-state index in [2.05, 4.69) is 25.6 Å². The molecule has 0 bridgehead atoms. The molecule has 0 aliphatic heterocycles. The van der Waals surface area contributed by atoms with Crippen LogP contribution in [-0.2, 0) is 14.3 Å². The van der Waals surface area contributed by atoms with Crippen molar-refractivity contribution in [1.82, 2.24) is 25.0 Å². The lowest BCUT2D eigenvalue weighted by Gasteiger charge is -2.17. The number of esters is 1. The van der Waals surface area contributed by atoms with Gasteiger partial charge in [-0.2, -0.15) is 0 Å². The van der Waals surface area contributed by atoms with Crippen molar-refractivity contribution in [1.29, 1.82) is 0 Å². The topological polar surface area (TPSA) is 145 Å². The number of aromatic nitrogens is 5. The van der Waals surface area contributed by atoms with Crippen LogP contribution < -0.4 is 5.32 Å². The number of aliphatic hydroxyl groups excluding tert-OH is 2. The van der Waals surface area contributed by atoms with E-state index >= 15 is 0 Å². The van der Waals surface area contributed by atoms with E-state index in [1.807, 2.05) is 6.92 Å². The first-order chi connectivity index (χ1) is 18.8. The minimum Gasteiger partial charge on any atom is -0.464 e. The van der Waals surface area contributed by atoms with E-state index in [-0.39, 0.29) is 31.6 Å². The van der Waals surface area contributed by atoms with Gasteiger partial charge in [0.1, 0.15) is 18.8 Å². The number of anilines is 1. The lowest BCUT2D eigenvalue weighted by atomic mass is 10.1. The number of nitrogens with zero attached hydrogens (tertiary/aromatic N) is 5. The van der Waals surface area contributed by atoms with Crippen molar-refractivity contribution in [3.8, 4) is 0 Å². The van der Waals surface area contributed by atoms with E-state index in [1.165, 1.54) is 22.5 Å². The molecule has 0 radical (unpaired) electrons. The highest BCUT2D eigenvalue weighted by atomic mass is 32.2. The van der Waals surface area contributed by atoms with Gasteiger partial charge in [-0.15, -0.1) is 5.10 Å². The number of halogens is 2. The van der Waals surface area contributed by atoms with Gasteiger partial charge in [-0.1, -0.05) is 30.0 Å². The number of fused-ring (bicyclic) bond motifs is 1. The summed E-state index contributed by atoms with van der Waals surface area (Å²) in [5, 5.41) is 33.7. The normalized spacial score (nSPS) is 26.2. The number of aliphatic hydroxyl groups is 2. The average molecular weight is 565 g/mol. The molecule has 0 unspecified atom stereocenters. The molecule has 3 aromatic rings. The highest BCUT2D eigenvalue weighted by Gasteiger charge is 2.45. The van der Waals surface area contributed by atoms with Gasteiger partial charge in [-0.25, -0.2) is 28.2 Å². The fraction of sp³-hybridized carbons (Fsp3) is 0.560. The number of benzene rings is 1. The Morgan fingerprint density at radius 2 is 2.00 bits per heavy atom.